The van der Waals surface area contributed by atoms with Crippen LogP contribution in [0.5, 0.6) is 0 Å². The summed E-state index contributed by atoms with van der Waals surface area (Å²) in [6.45, 7) is 0. The maximum atomic E-state index is 12.2. The van der Waals surface area contributed by atoms with Crippen LogP contribution < -0.4 is 10.6 Å². The average Bonchev–Trinajstić information content (AvgIpc) is 3.46. The SMILES string of the molecule is O=C(Nc1cccc(NC(=O)C2CC2)c1)c1cc(C2CC2)on1. The monoisotopic (exact) mass is 311 g/mol. The number of hydrogen-bond donors (Lipinski definition) is 2. The molecule has 6 heteroatoms. The lowest BCUT2D eigenvalue weighted by atomic mass is 10.2. The summed E-state index contributed by atoms with van der Waals surface area (Å²) in [5.74, 6) is 1.07. The number of carbonyl (C=O) groups is 2. The van der Waals surface area contributed by atoms with Gasteiger partial charge in [-0.1, -0.05) is 11.2 Å². The molecule has 2 N–H and O–H groups in total. The van der Waals surface area contributed by atoms with Crippen molar-refractivity contribution in [3.8, 4) is 0 Å². The Morgan fingerprint density at radius 1 is 1.04 bits per heavy atom. The number of rotatable bonds is 5. The van der Waals surface area contributed by atoms with E-state index < -0.39 is 0 Å². The summed E-state index contributed by atoms with van der Waals surface area (Å²) < 4.78 is 5.19. The summed E-state index contributed by atoms with van der Waals surface area (Å²) in [6, 6.07) is 8.80. The number of aromatic nitrogens is 1. The van der Waals surface area contributed by atoms with Gasteiger partial charge in [-0.15, -0.1) is 0 Å². The Labute approximate surface area is 133 Å². The molecule has 0 saturated heterocycles. The summed E-state index contributed by atoms with van der Waals surface area (Å²) >= 11 is 0. The van der Waals surface area contributed by atoms with E-state index in [-0.39, 0.29) is 23.4 Å². The molecular weight excluding hydrogens is 294 g/mol. The Morgan fingerprint density at radius 2 is 1.78 bits per heavy atom. The van der Waals surface area contributed by atoms with Gasteiger partial charge in [-0.2, -0.15) is 0 Å². The lowest BCUT2D eigenvalue weighted by molar-refractivity contribution is -0.117. The molecular formula is C17H17N3O3. The summed E-state index contributed by atoms with van der Waals surface area (Å²) in [6.07, 6.45) is 4.10. The molecule has 0 bridgehead atoms. The highest BCUT2D eigenvalue weighted by atomic mass is 16.5. The molecule has 0 spiro atoms. The molecule has 118 valence electrons. The molecule has 0 aliphatic heterocycles. The first-order valence-electron chi connectivity index (χ1n) is 7.88. The fourth-order valence-electron chi connectivity index (χ4n) is 2.42. The van der Waals surface area contributed by atoms with Crippen molar-refractivity contribution in [3.05, 3.63) is 41.8 Å². The molecule has 2 amide bonds. The van der Waals surface area contributed by atoms with Crippen LogP contribution in [0, 0.1) is 5.92 Å². The summed E-state index contributed by atoms with van der Waals surface area (Å²) in [4.78, 5) is 24.0. The van der Waals surface area contributed by atoms with Crippen LogP contribution in [-0.2, 0) is 4.79 Å². The summed E-state index contributed by atoms with van der Waals surface area (Å²) in [7, 11) is 0. The smallest absolute Gasteiger partial charge is 0.277 e. The van der Waals surface area contributed by atoms with Crippen LogP contribution in [0.4, 0.5) is 11.4 Å². The van der Waals surface area contributed by atoms with Crippen LogP contribution in [0.25, 0.3) is 0 Å². The third-order valence-electron chi connectivity index (χ3n) is 4.08. The number of benzene rings is 1. The number of carbonyl (C=O) groups excluding carboxylic acids is 2. The number of anilines is 2. The quantitative estimate of drug-likeness (QED) is 0.888. The number of nitrogens with one attached hydrogen (secondary N) is 2. The Hall–Kier alpha value is -2.63. The first-order chi connectivity index (χ1) is 11.2. The molecule has 23 heavy (non-hydrogen) atoms. The van der Waals surface area contributed by atoms with Gasteiger partial charge in [0.05, 0.1) is 0 Å². The van der Waals surface area contributed by atoms with Gasteiger partial charge in [-0.25, -0.2) is 0 Å². The number of hydrogen-bond acceptors (Lipinski definition) is 4. The molecule has 2 aliphatic rings. The van der Waals surface area contributed by atoms with Crippen molar-refractivity contribution in [2.45, 2.75) is 31.6 Å². The molecule has 2 saturated carbocycles. The molecule has 1 aromatic heterocycles. The lowest BCUT2D eigenvalue weighted by Gasteiger charge is -2.07. The van der Waals surface area contributed by atoms with Gasteiger partial charge >= 0.3 is 0 Å². The van der Waals surface area contributed by atoms with Crippen molar-refractivity contribution in [3.63, 3.8) is 0 Å². The zero-order valence-electron chi connectivity index (χ0n) is 12.5. The van der Waals surface area contributed by atoms with Crippen LogP contribution in [0.3, 0.4) is 0 Å². The minimum Gasteiger partial charge on any atom is -0.360 e. The predicted octanol–water partition coefficient (Wildman–Crippen LogP) is 3.15. The molecule has 2 aromatic rings. The van der Waals surface area contributed by atoms with Gasteiger partial charge < -0.3 is 15.2 Å². The molecule has 0 unspecified atom stereocenters. The lowest BCUT2D eigenvalue weighted by Crippen LogP contribution is -2.15. The molecule has 0 radical (unpaired) electrons. The fourth-order valence-corrected chi connectivity index (χ4v) is 2.42. The highest BCUT2D eigenvalue weighted by Crippen LogP contribution is 2.40. The Morgan fingerprint density at radius 3 is 2.48 bits per heavy atom. The standard InChI is InChI=1S/C17H17N3O3/c21-16(11-6-7-11)18-12-2-1-3-13(8-12)19-17(22)14-9-15(23-20-14)10-4-5-10/h1-3,8-11H,4-7H2,(H,18,21)(H,19,22). The van der Waals surface area contributed by atoms with Crippen LogP contribution in [0.1, 0.15) is 47.8 Å². The minimum atomic E-state index is -0.314. The topological polar surface area (TPSA) is 84.2 Å². The van der Waals surface area contributed by atoms with Crippen LogP contribution >= 0.6 is 0 Å². The zero-order valence-corrected chi connectivity index (χ0v) is 12.5. The number of amides is 2. The third-order valence-corrected chi connectivity index (χ3v) is 4.08. The van der Waals surface area contributed by atoms with E-state index in [1.54, 1.807) is 30.3 Å². The first-order valence-corrected chi connectivity index (χ1v) is 7.88. The van der Waals surface area contributed by atoms with Crippen molar-refractivity contribution >= 4 is 23.2 Å². The van der Waals surface area contributed by atoms with Gasteiger partial charge in [0.1, 0.15) is 5.76 Å². The minimum absolute atomic E-state index is 0.0408. The molecule has 2 fully saturated rings. The van der Waals surface area contributed by atoms with Gasteiger partial charge in [0.15, 0.2) is 5.69 Å². The normalized spacial score (nSPS) is 16.9. The van der Waals surface area contributed by atoms with E-state index >= 15 is 0 Å². The van der Waals surface area contributed by atoms with Crippen LogP contribution in [0.2, 0.25) is 0 Å². The van der Waals surface area contributed by atoms with Gasteiger partial charge in [0.2, 0.25) is 5.91 Å². The highest BCUT2D eigenvalue weighted by molar-refractivity contribution is 6.03. The second-order valence-electron chi connectivity index (χ2n) is 6.19. The van der Waals surface area contributed by atoms with Gasteiger partial charge in [0, 0.05) is 29.3 Å². The van der Waals surface area contributed by atoms with Crippen molar-refractivity contribution in [1.29, 1.82) is 0 Å². The first kappa shape index (κ1) is 14.0. The molecule has 4 rings (SSSR count). The summed E-state index contributed by atoms with van der Waals surface area (Å²) in [5.41, 5.74) is 1.57. The van der Waals surface area contributed by atoms with Gasteiger partial charge in [0.25, 0.3) is 5.91 Å². The molecule has 2 aliphatic carbocycles. The van der Waals surface area contributed by atoms with Crippen molar-refractivity contribution in [2.24, 2.45) is 5.92 Å². The largest absolute Gasteiger partial charge is 0.360 e. The molecule has 0 atom stereocenters. The van der Waals surface area contributed by atoms with E-state index in [0.29, 0.717) is 17.3 Å². The van der Waals surface area contributed by atoms with E-state index in [1.807, 2.05) is 0 Å². The fraction of sp³-hybridized carbons (Fsp3) is 0.353. The van der Waals surface area contributed by atoms with E-state index in [9.17, 15) is 9.59 Å². The maximum Gasteiger partial charge on any atom is 0.277 e. The van der Waals surface area contributed by atoms with Crippen LogP contribution in [-0.4, -0.2) is 17.0 Å². The van der Waals surface area contributed by atoms with Crippen molar-refractivity contribution in [2.75, 3.05) is 10.6 Å². The molecule has 1 heterocycles. The average molecular weight is 311 g/mol. The molecule has 6 nitrogen and oxygen atoms in total. The van der Waals surface area contributed by atoms with E-state index in [0.717, 1.165) is 31.4 Å². The second-order valence-corrected chi connectivity index (χ2v) is 6.19. The summed E-state index contributed by atoms with van der Waals surface area (Å²) in [5, 5.41) is 9.46. The van der Waals surface area contributed by atoms with Gasteiger partial charge in [-0.3, -0.25) is 9.59 Å². The highest BCUT2D eigenvalue weighted by Gasteiger charge is 2.30. The Kier molecular flexibility index (Phi) is 3.37. The van der Waals surface area contributed by atoms with E-state index in [4.69, 9.17) is 4.52 Å². The van der Waals surface area contributed by atoms with E-state index in [2.05, 4.69) is 15.8 Å². The second kappa shape index (κ2) is 5.53. The Bertz CT molecular complexity index is 760. The zero-order chi connectivity index (χ0) is 15.8. The maximum absolute atomic E-state index is 12.2. The third kappa shape index (κ3) is 3.26. The van der Waals surface area contributed by atoms with E-state index in [1.165, 1.54) is 0 Å². The van der Waals surface area contributed by atoms with Gasteiger partial charge in [-0.05, 0) is 43.9 Å². The Balaban J connectivity index is 1.42. The molecule has 1 aromatic carbocycles. The van der Waals surface area contributed by atoms with Crippen molar-refractivity contribution in [1.82, 2.24) is 5.16 Å². The van der Waals surface area contributed by atoms with Crippen LogP contribution in [0.15, 0.2) is 34.9 Å². The predicted molar refractivity (Wildman–Crippen MR) is 84.2 cm³/mol. The number of nitrogens with zero attached hydrogens (tertiary/aromatic N) is 1. The van der Waals surface area contributed by atoms with Crippen molar-refractivity contribution < 1.29 is 14.1 Å².